The lowest BCUT2D eigenvalue weighted by Crippen LogP contribution is -1.99. The van der Waals surface area contributed by atoms with Crippen molar-refractivity contribution in [3.05, 3.63) is 17.5 Å². The van der Waals surface area contributed by atoms with Crippen molar-refractivity contribution in [2.45, 2.75) is 13.8 Å². The van der Waals surface area contributed by atoms with Gasteiger partial charge in [-0.3, -0.25) is 0 Å². The van der Waals surface area contributed by atoms with E-state index >= 15 is 0 Å². The molecule has 0 spiro atoms. The van der Waals surface area contributed by atoms with E-state index in [4.69, 9.17) is 0 Å². The van der Waals surface area contributed by atoms with Crippen LogP contribution in [0.3, 0.4) is 0 Å². The molecule has 9 heavy (non-hydrogen) atoms. The van der Waals surface area contributed by atoms with Crippen LogP contribution in [0.5, 0.6) is 6.01 Å². The zero-order chi connectivity index (χ0) is 6.85. The van der Waals surface area contributed by atoms with Gasteiger partial charge < -0.3 is 5.11 Å². The second-order valence-corrected chi connectivity index (χ2v) is 1.93. The van der Waals surface area contributed by atoms with Crippen molar-refractivity contribution in [1.82, 2.24) is 9.97 Å². The van der Waals surface area contributed by atoms with Gasteiger partial charge in [0.15, 0.2) is 0 Å². The molecule has 0 aromatic carbocycles. The molecule has 0 saturated heterocycles. The SMILES string of the molecule is Cc1cc(C)nc([O-])n1. The van der Waals surface area contributed by atoms with E-state index in [0.29, 0.717) is 0 Å². The monoisotopic (exact) mass is 123 g/mol. The van der Waals surface area contributed by atoms with Crippen LogP contribution in [0.25, 0.3) is 0 Å². The lowest BCUT2D eigenvalue weighted by molar-refractivity contribution is -0.282. The predicted molar refractivity (Wildman–Crippen MR) is 31.0 cm³/mol. The molecule has 3 nitrogen and oxygen atoms in total. The summed E-state index contributed by atoms with van der Waals surface area (Å²) in [5.74, 6) is 0. The van der Waals surface area contributed by atoms with Gasteiger partial charge in [-0.2, -0.15) is 0 Å². The summed E-state index contributed by atoms with van der Waals surface area (Å²) < 4.78 is 0. The molecule has 3 heteroatoms. The lowest BCUT2D eigenvalue weighted by Gasteiger charge is -2.03. The smallest absolute Gasteiger partial charge is 0.0827 e. The third-order valence-electron chi connectivity index (χ3n) is 0.962. The number of nitrogens with zero attached hydrogens (tertiary/aromatic N) is 2. The normalized spacial score (nSPS) is 9.56. The molecule has 0 radical (unpaired) electrons. The van der Waals surface area contributed by atoms with Crippen LogP contribution in [0.1, 0.15) is 11.4 Å². The summed E-state index contributed by atoms with van der Waals surface area (Å²) >= 11 is 0. The topological polar surface area (TPSA) is 48.8 Å². The fraction of sp³-hybridized carbons (Fsp3) is 0.333. The molecule has 1 aromatic heterocycles. The zero-order valence-electron chi connectivity index (χ0n) is 5.38. The Labute approximate surface area is 53.4 Å². The first-order chi connectivity index (χ1) is 4.18. The van der Waals surface area contributed by atoms with E-state index in [0.717, 1.165) is 11.4 Å². The standard InChI is InChI=1S/C6H8N2O/c1-4-3-5(2)8-6(9)7-4/h3H,1-2H3,(H,7,8,9)/p-1. The third-order valence-corrected chi connectivity index (χ3v) is 0.962. The molecular formula is C6H7N2O-. The van der Waals surface area contributed by atoms with E-state index in [9.17, 15) is 5.11 Å². The average molecular weight is 123 g/mol. The number of aryl methyl sites for hydroxylation is 2. The van der Waals surface area contributed by atoms with Gasteiger partial charge in [0, 0.05) is 11.4 Å². The molecule has 0 aliphatic heterocycles. The van der Waals surface area contributed by atoms with Crippen molar-refractivity contribution in [2.24, 2.45) is 0 Å². The number of aromatic nitrogens is 2. The fourth-order valence-corrected chi connectivity index (χ4v) is 0.694. The largest absolute Gasteiger partial charge is 0.844 e. The van der Waals surface area contributed by atoms with Crippen molar-refractivity contribution < 1.29 is 5.11 Å². The highest BCUT2D eigenvalue weighted by molar-refractivity contribution is 5.09. The Morgan fingerprint density at radius 1 is 1.22 bits per heavy atom. The fourth-order valence-electron chi connectivity index (χ4n) is 0.694. The maximum absolute atomic E-state index is 10.5. The lowest BCUT2D eigenvalue weighted by atomic mass is 10.4. The van der Waals surface area contributed by atoms with Crippen LogP contribution in [-0.4, -0.2) is 9.97 Å². The molecule has 0 N–H and O–H groups in total. The van der Waals surface area contributed by atoms with Crippen LogP contribution >= 0.6 is 0 Å². The first kappa shape index (κ1) is 6.01. The molecule has 0 amide bonds. The second-order valence-electron chi connectivity index (χ2n) is 1.93. The Kier molecular flexibility index (Phi) is 1.34. The molecule has 48 valence electrons. The molecule has 0 bridgehead atoms. The van der Waals surface area contributed by atoms with E-state index in [-0.39, 0.29) is 0 Å². The van der Waals surface area contributed by atoms with Gasteiger partial charge in [-0.05, 0) is 19.9 Å². The maximum Gasteiger partial charge on any atom is 0.0827 e. The number of hydrogen-bond acceptors (Lipinski definition) is 3. The summed E-state index contributed by atoms with van der Waals surface area (Å²) in [6.07, 6.45) is 0. The first-order valence-corrected chi connectivity index (χ1v) is 2.68. The highest BCUT2D eigenvalue weighted by atomic mass is 16.3. The van der Waals surface area contributed by atoms with Crippen LogP contribution in [0.4, 0.5) is 0 Å². The first-order valence-electron chi connectivity index (χ1n) is 2.68. The van der Waals surface area contributed by atoms with E-state index in [2.05, 4.69) is 9.97 Å². The molecule has 0 unspecified atom stereocenters. The molecule has 0 saturated carbocycles. The van der Waals surface area contributed by atoms with Crippen molar-refractivity contribution in [3.8, 4) is 6.01 Å². The zero-order valence-corrected chi connectivity index (χ0v) is 5.38. The Morgan fingerprint density at radius 2 is 1.67 bits per heavy atom. The Balaban J connectivity index is 3.17. The summed E-state index contributed by atoms with van der Waals surface area (Å²) in [6, 6.07) is 1.37. The minimum atomic E-state index is -0.396. The van der Waals surface area contributed by atoms with Gasteiger partial charge in [0.1, 0.15) is 0 Å². The third kappa shape index (κ3) is 1.38. The van der Waals surface area contributed by atoms with Crippen LogP contribution in [0.2, 0.25) is 0 Å². The highest BCUT2D eigenvalue weighted by Gasteiger charge is 1.86. The Hall–Kier alpha value is -1.12. The average Bonchev–Trinajstić information content (AvgIpc) is 1.59. The quantitative estimate of drug-likeness (QED) is 0.494. The van der Waals surface area contributed by atoms with Gasteiger partial charge in [0.25, 0.3) is 0 Å². The predicted octanol–water partition coefficient (Wildman–Crippen LogP) is 0.167. The van der Waals surface area contributed by atoms with Crippen LogP contribution in [-0.2, 0) is 0 Å². The van der Waals surface area contributed by atoms with Gasteiger partial charge >= 0.3 is 0 Å². The van der Waals surface area contributed by atoms with Gasteiger partial charge in [-0.25, -0.2) is 9.97 Å². The summed E-state index contributed by atoms with van der Waals surface area (Å²) in [5.41, 5.74) is 1.46. The highest BCUT2D eigenvalue weighted by Crippen LogP contribution is 1.99. The molecule has 1 rings (SSSR count). The van der Waals surface area contributed by atoms with Gasteiger partial charge in [-0.1, -0.05) is 0 Å². The summed E-state index contributed by atoms with van der Waals surface area (Å²) in [4.78, 5) is 7.14. The van der Waals surface area contributed by atoms with Gasteiger partial charge in [0.2, 0.25) is 0 Å². The van der Waals surface area contributed by atoms with Crippen molar-refractivity contribution in [1.29, 1.82) is 0 Å². The molecule has 0 fully saturated rings. The molecule has 1 heterocycles. The van der Waals surface area contributed by atoms with Crippen LogP contribution < -0.4 is 5.11 Å². The summed E-state index contributed by atoms with van der Waals surface area (Å²) in [5, 5.41) is 10.5. The minimum absolute atomic E-state index is 0.396. The van der Waals surface area contributed by atoms with Crippen LogP contribution in [0, 0.1) is 13.8 Å². The Bertz CT molecular complexity index is 172. The number of hydrogen-bond donors (Lipinski definition) is 0. The van der Waals surface area contributed by atoms with Crippen molar-refractivity contribution in [3.63, 3.8) is 0 Å². The Morgan fingerprint density at radius 3 is 2.00 bits per heavy atom. The van der Waals surface area contributed by atoms with E-state index in [1.54, 1.807) is 19.9 Å². The molecule has 0 atom stereocenters. The molecule has 0 aliphatic rings. The van der Waals surface area contributed by atoms with Crippen molar-refractivity contribution >= 4 is 0 Å². The molecule has 1 aromatic rings. The maximum atomic E-state index is 10.5. The molecule has 0 aliphatic carbocycles. The summed E-state index contributed by atoms with van der Waals surface area (Å²) in [7, 11) is 0. The summed E-state index contributed by atoms with van der Waals surface area (Å²) in [6.45, 7) is 3.55. The number of rotatable bonds is 0. The molecular weight excluding hydrogens is 116 g/mol. The van der Waals surface area contributed by atoms with E-state index in [1.165, 1.54) is 0 Å². The van der Waals surface area contributed by atoms with E-state index in [1.807, 2.05) is 0 Å². The van der Waals surface area contributed by atoms with E-state index < -0.39 is 6.01 Å². The minimum Gasteiger partial charge on any atom is -0.844 e. The van der Waals surface area contributed by atoms with Crippen molar-refractivity contribution in [2.75, 3.05) is 0 Å². The van der Waals surface area contributed by atoms with Crippen LogP contribution in [0.15, 0.2) is 6.07 Å². The van der Waals surface area contributed by atoms with Gasteiger partial charge in [0.05, 0.1) is 6.01 Å². The second kappa shape index (κ2) is 2.01. The van der Waals surface area contributed by atoms with Gasteiger partial charge in [-0.15, -0.1) is 0 Å².